The fourth-order valence-corrected chi connectivity index (χ4v) is 2.18. The summed E-state index contributed by atoms with van der Waals surface area (Å²) >= 11 is 5.20. The predicted molar refractivity (Wildman–Crippen MR) is 66.6 cm³/mol. The maximum atomic E-state index is 13.5. The molecular formula is C12H15FN2S. The van der Waals surface area contributed by atoms with Crippen LogP contribution in [0.1, 0.15) is 26.2 Å². The molecule has 0 aliphatic heterocycles. The van der Waals surface area contributed by atoms with Crippen molar-refractivity contribution in [1.29, 1.82) is 0 Å². The summed E-state index contributed by atoms with van der Waals surface area (Å²) < 4.78 is 16.1. The number of aromatic nitrogens is 2. The summed E-state index contributed by atoms with van der Waals surface area (Å²) in [7, 11) is 0. The Morgan fingerprint density at radius 2 is 2.19 bits per heavy atom. The van der Waals surface area contributed by atoms with Gasteiger partial charge < -0.3 is 9.55 Å². The first-order valence-electron chi connectivity index (χ1n) is 5.61. The number of para-hydroxylation sites is 1. The number of benzene rings is 1. The lowest BCUT2D eigenvalue weighted by Crippen LogP contribution is -1.97. The van der Waals surface area contributed by atoms with Crippen molar-refractivity contribution in [2.24, 2.45) is 0 Å². The third-order valence-corrected chi connectivity index (χ3v) is 3.07. The summed E-state index contributed by atoms with van der Waals surface area (Å²) in [6, 6.07) is 5.07. The molecule has 0 aliphatic rings. The highest BCUT2D eigenvalue weighted by atomic mass is 32.1. The number of hydrogen-bond donors (Lipinski definition) is 1. The van der Waals surface area contributed by atoms with Crippen molar-refractivity contribution in [3.63, 3.8) is 0 Å². The van der Waals surface area contributed by atoms with Crippen LogP contribution in [0.15, 0.2) is 18.2 Å². The molecule has 0 spiro atoms. The van der Waals surface area contributed by atoms with Crippen LogP contribution >= 0.6 is 12.2 Å². The molecule has 2 rings (SSSR count). The van der Waals surface area contributed by atoms with Crippen LogP contribution in [-0.2, 0) is 6.54 Å². The Morgan fingerprint density at radius 3 is 2.94 bits per heavy atom. The molecule has 16 heavy (non-hydrogen) atoms. The smallest absolute Gasteiger partial charge is 0.178 e. The summed E-state index contributed by atoms with van der Waals surface area (Å²) in [5.41, 5.74) is 1.38. The number of hydrogen-bond acceptors (Lipinski definition) is 1. The topological polar surface area (TPSA) is 20.7 Å². The Morgan fingerprint density at radius 1 is 1.38 bits per heavy atom. The largest absolute Gasteiger partial charge is 0.328 e. The molecule has 2 nitrogen and oxygen atoms in total. The van der Waals surface area contributed by atoms with Gasteiger partial charge in [0.15, 0.2) is 4.77 Å². The maximum absolute atomic E-state index is 13.5. The highest BCUT2D eigenvalue weighted by Gasteiger charge is 2.07. The summed E-state index contributed by atoms with van der Waals surface area (Å²) in [6.07, 6.45) is 3.42. The number of imidazole rings is 1. The lowest BCUT2D eigenvalue weighted by atomic mass is 10.2. The zero-order valence-electron chi connectivity index (χ0n) is 9.29. The number of aryl methyl sites for hydroxylation is 1. The molecule has 0 saturated heterocycles. The van der Waals surface area contributed by atoms with Crippen LogP contribution < -0.4 is 0 Å². The zero-order valence-corrected chi connectivity index (χ0v) is 10.1. The van der Waals surface area contributed by atoms with Crippen molar-refractivity contribution >= 4 is 23.3 Å². The average Bonchev–Trinajstić information content (AvgIpc) is 2.58. The first kappa shape index (κ1) is 11.3. The molecule has 0 fully saturated rings. The normalized spacial score (nSPS) is 11.1. The van der Waals surface area contributed by atoms with E-state index in [0.717, 1.165) is 18.5 Å². The second kappa shape index (κ2) is 4.78. The van der Waals surface area contributed by atoms with Crippen LogP contribution in [0.5, 0.6) is 0 Å². The van der Waals surface area contributed by atoms with Gasteiger partial charge >= 0.3 is 0 Å². The van der Waals surface area contributed by atoms with Crippen LogP contribution in [0, 0.1) is 10.6 Å². The first-order valence-corrected chi connectivity index (χ1v) is 6.02. The van der Waals surface area contributed by atoms with Gasteiger partial charge in [0.2, 0.25) is 0 Å². The van der Waals surface area contributed by atoms with E-state index in [1.54, 1.807) is 6.07 Å². The quantitative estimate of drug-likeness (QED) is 0.630. The lowest BCUT2D eigenvalue weighted by molar-refractivity contribution is 0.608. The van der Waals surface area contributed by atoms with Gasteiger partial charge in [0.25, 0.3) is 0 Å². The molecule has 4 heteroatoms. The molecule has 0 aliphatic carbocycles. The van der Waals surface area contributed by atoms with Gasteiger partial charge in [-0.15, -0.1) is 0 Å². The molecule has 0 atom stereocenters. The van der Waals surface area contributed by atoms with Crippen LogP contribution in [0.4, 0.5) is 4.39 Å². The van der Waals surface area contributed by atoms with E-state index in [0.29, 0.717) is 10.3 Å². The van der Waals surface area contributed by atoms with Gasteiger partial charge in [0.1, 0.15) is 11.3 Å². The summed E-state index contributed by atoms with van der Waals surface area (Å²) in [5, 5.41) is 0. The van der Waals surface area contributed by atoms with Gasteiger partial charge in [-0.25, -0.2) is 4.39 Å². The molecule has 1 aromatic carbocycles. The molecule has 0 bridgehead atoms. The fraction of sp³-hybridized carbons (Fsp3) is 0.417. The molecule has 1 heterocycles. The van der Waals surface area contributed by atoms with Crippen LogP contribution in [0.25, 0.3) is 11.0 Å². The molecule has 0 unspecified atom stereocenters. The van der Waals surface area contributed by atoms with E-state index in [9.17, 15) is 4.39 Å². The van der Waals surface area contributed by atoms with Gasteiger partial charge in [0.05, 0.1) is 5.52 Å². The lowest BCUT2D eigenvalue weighted by Gasteiger charge is -2.03. The van der Waals surface area contributed by atoms with E-state index in [4.69, 9.17) is 12.2 Å². The number of fused-ring (bicyclic) bond motifs is 1. The predicted octanol–water partition coefficient (Wildman–Crippen LogP) is 4.03. The molecule has 0 radical (unpaired) electrons. The van der Waals surface area contributed by atoms with Gasteiger partial charge in [-0.05, 0) is 30.8 Å². The number of nitrogens with zero attached hydrogens (tertiary/aromatic N) is 1. The van der Waals surface area contributed by atoms with Crippen molar-refractivity contribution in [2.45, 2.75) is 32.7 Å². The summed E-state index contributed by atoms with van der Waals surface area (Å²) in [5.74, 6) is -0.238. The maximum Gasteiger partial charge on any atom is 0.178 e. The van der Waals surface area contributed by atoms with Gasteiger partial charge in [0, 0.05) is 6.54 Å². The second-order valence-corrected chi connectivity index (χ2v) is 4.31. The third-order valence-electron chi connectivity index (χ3n) is 2.74. The summed E-state index contributed by atoms with van der Waals surface area (Å²) in [6.45, 7) is 3.02. The molecule has 86 valence electrons. The van der Waals surface area contributed by atoms with Crippen molar-refractivity contribution in [1.82, 2.24) is 9.55 Å². The standard InChI is InChI=1S/C12H15FN2S/c1-2-3-4-8-15-10-7-5-6-9(13)11(10)14-12(15)16/h5-7H,2-4,8H2,1H3,(H,14,16). The Balaban J connectivity index is 2.40. The molecule has 1 N–H and O–H groups in total. The SMILES string of the molecule is CCCCCn1c(=S)[nH]c2c(F)cccc21. The average molecular weight is 238 g/mol. The molecule has 2 aromatic rings. The van der Waals surface area contributed by atoms with Gasteiger partial charge in [-0.2, -0.15) is 0 Å². The van der Waals surface area contributed by atoms with Crippen molar-refractivity contribution in [3.05, 3.63) is 28.8 Å². The van der Waals surface area contributed by atoms with Crippen molar-refractivity contribution in [3.8, 4) is 0 Å². The van der Waals surface area contributed by atoms with Crippen LogP contribution in [-0.4, -0.2) is 9.55 Å². The molecule has 0 saturated carbocycles. The highest BCUT2D eigenvalue weighted by Crippen LogP contribution is 2.17. The molecule has 1 aromatic heterocycles. The van der Waals surface area contributed by atoms with E-state index in [2.05, 4.69) is 11.9 Å². The number of halogens is 1. The van der Waals surface area contributed by atoms with E-state index < -0.39 is 0 Å². The molecular weight excluding hydrogens is 223 g/mol. The van der Waals surface area contributed by atoms with E-state index in [1.165, 1.54) is 18.9 Å². The monoisotopic (exact) mass is 238 g/mol. The Labute approximate surface area is 99.1 Å². The minimum Gasteiger partial charge on any atom is -0.328 e. The van der Waals surface area contributed by atoms with Crippen molar-refractivity contribution in [2.75, 3.05) is 0 Å². The van der Waals surface area contributed by atoms with Gasteiger partial charge in [-0.3, -0.25) is 0 Å². The number of unbranched alkanes of at least 4 members (excludes halogenated alkanes) is 2. The highest BCUT2D eigenvalue weighted by molar-refractivity contribution is 7.71. The number of H-pyrrole nitrogens is 1. The first-order chi connectivity index (χ1) is 7.74. The van der Waals surface area contributed by atoms with E-state index in [-0.39, 0.29) is 5.82 Å². The third kappa shape index (κ3) is 2.02. The fourth-order valence-electron chi connectivity index (χ4n) is 1.89. The Bertz CT molecular complexity index is 541. The van der Waals surface area contributed by atoms with Crippen LogP contribution in [0.2, 0.25) is 0 Å². The Hall–Kier alpha value is -1.16. The number of aromatic amines is 1. The van der Waals surface area contributed by atoms with Crippen molar-refractivity contribution < 1.29 is 4.39 Å². The molecule has 0 amide bonds. The van der Waals surface area contributed by atoms with E-state index in [1.807, 2.05) is 10.6 Å². The number of nitrogens with one attached hydrogen (secondary N) is 1. The van der Waals surface area contributed by atoms with Crippen LogP contribution in [0.3, 0.4) is 0 Å². The van der Waals surface area contributed by atoms with E-state index >= 15 is 0 Å². The second-order valence-electron chi connectivity index (χ2n) is 3.92. The number of rotatable bonds is 4. The minimum atomic E-state index is -0.238. The minimum absolute atomic E-state index is 0.238. The zero-order chi connectivity index (χ0) is 11.5. The Kier molecular flexibility index (Phi) is 3.39. The van der Waals surface area contributed by atoms with Gasteiger partial charge in [-0.1, -0.05) is 25.8 Å². The summed E-state index contributed by atoms with van der Waals surface area (Å²) in [4.78, 5) is 2.93.